The van der Waals surface area contributed by atoms with E-state index in [1.807, 2.05) is 24.3 Å². The van der Waals surface area contributed by atoms with Crippen LogP contribution in [0.1, 0.15) is 22.0 Å². The lowest BCUT2D eigenvalue weighted by Gasteiger charge is -2.33. The Bertz CT molecular complexity index is 784. The number of benzene rings is 2. The van der Waals surface area contributed by atoms with Crippen LogP contribution in [0.5, 0.6) is 17.2 Å². The molecule has 0 aliphatic carbocycles. The number of rotatable bonds is 5. The van der Waals surface area contributed by atoms with Gasteiger partial charge in [-0.15, -0.1) is 0 Å². The Balaban J connectivity index is 1.83. The van der Waals surface area contributed by atoms with Crippen molar-refractivity contribution in [1.82, 2.24) is 4.90 Å². The Morgan fingerprint density at radius 1 is 1.07 bits per heavy atom. The molecule has 1 amide bonds. The fourth-order valence-electron chi connectivity index (χ4n) is 3.10. The highest BCUT2D eigenvalue weighted by molar-refractivity contribution is 6.30. The van der Waals surface area contributed by atoms with Gasteiger partial charge in [0.05, 0.1) is 34.5 Å². The highest BCUT2D eigenvalue weighted by Gasteiger charge is 2.27. The van der Waals surface area contributed by atoms with Crippen molar-refractivity contribution in [2.75, 3.05) is 41.0 Å². The SMILES string of the molecule is COc1cc(C(=O)N2CCOC(c3ccc(Cl)cc3)C2)cc(OC)c1OC. The quantitative estimate of drug-likeness (QED) is 0.779. The number of ether oxygens (including phenoxy) is 4. The molecule has 0 spiro atoms. The lowest BCUT2D eigenvalue weighted by atomic mass is 10.1. The van der Waals surface area contributed by atoms with Gasteiger partial charge in [0.25, 0.3) is 5.91 Å². The Morgan fingerprint density at radius 2 is 1.70 bits per heavy atom. The van der Waals surface area contributed by atoms with E-state index in [1.54, 1.807) is 17.0 Å². The second-order valence-corrected chi connectivity index (χ2v) is 6.51. The molecule has 1 aliphatic rings. The van der Waals surface area contributed by atoms with Gasteiger partial charge in [-0.2, -0.15) is 0 Å². The third kappa shape index (κ3) is 4.12. The Kier molecular flexibility index (Phi) is 6.08. The third-order valence-corrected chi connectivity index (χ3v) is 4.76. The van der Waals surface area contributed by atoms with Gasteiger partial charge in [-0.05, 0) is 29.8 Å². The largest absolute Gasteiger partial charge is 0.493 e. The maximum Gasteiger partial charge on any atom is 0.254 e. The van der Waals surface area contributed by atoms with E-state index in [-0.39, 0.29) is 12.0 Å². The molecule has 1 aliphatic heterocycles. The second-order valence-electron chi connectivity index (χ2n) is 6.08. The number of amides is 1. The summed E-state index contributed by atoms with van der Waals surface area (Å²) in [5.74, 6) is 1.24. The summed E-state index contributed by atoms with van der Waals surface area (Å²) in [6.45, 7) is 1.43. The number of hydrogen-bond donors (Lipinski definition) is 0. The minimum absolute atomic E-state index is 0.114. The molecule has 0 N–H and O–H groups in total. The molecule has 1 unspecified atom stereocenters. The number of hydrogen-bond acceptors (Lipinski definition) is 5. The van der Waals surface area contributed by atoms with Crippen LogP contribution in [0, 0.1) is 0 Å². The maximum absolute atomic E-state index is 13.1. The van der Waals surface area contributed by atoms with Crippen LogP contribution >= 0.6 is 11.6 Å². The van der Waals surface area contributed by atoms with Gasteiger partial charge in [-0.25, -0.2) is 0 Å². The predicted molar refractivity (Wildman–Crippen MR) is 102 cm³/mol. The zero-order chi connectivity index (χ0) is 19.4. The second kappa shape index (κ2) is 8.50. The monoisotopic (exact) mass is 391 g/mol. The minimum Gasteiger partial charge on any atom is -0.493 e. The third-order valence-electron chi connectivity index (χ3n) is 4.51. The van der Waals surface area contributed by atoms with Crippen LogP contribution < -0.4 is 14.2 Å². The van der Waals surface area contributed by atoms with Crippen LogP contribution in [0.4, 0.5) is 0 Å². The van der Waals surface area contributed by atoms with Crippen molar-refractivity contribution in [2.24, 2.45) is 0 Å². The first kappa shape index (κ1) is 19.3. The van der Waals surface area contributed by atoms with Gasteiger partial charge in [0, 0.05) is 17.1 Å². The van der Waals surface area contributed by atoms with Crippen molar-refractivity contribution in [1.29, 1.82) is 0 Å². The molecule has 1 heterocycles. The van der Waals surface area contributed by atoms with E-state index in [1.165, 1.54) is 21.3 Å². The lowest BCUT2D eigenvalue weighted by molar-refractivity contribution is -0.0228. The van der Waals surface area contributed by atoms with Gasteiger partial charge in [0.15, 0.2) is 11.5 Å². The molecular weight excluding hydrogens is 370 g/mol. The lowest BCUT2D eigenvalue weighted by Crippen LogP contribution is -2.42. The topological polar surface area (TPSA) is 57.2 Å². The molecule has 0 aromatic heterocycles. The van der Waals surface area contributed by atoms with E-state index in [0.29, 0.717) is 47.5 Å². The molecule has 0 radical (unpaired) electrons. The number of morpholine rings is 1. The molecule has 27 heavy (non-hydrogen) atoms. The number of carbonyl (C=O) groups is 1. The fraction of sp³-hybridized carbons (Fsp3) is 0.350. The normalized spacial score (nSPS) is 16.7. The Morgan fingerprint density at radius 3 is 2.26 bits per heavy atom. The molecule has 0 saturated carbocycles. The minimum atomic E-state index is -0.193. The highest BCUT2D eigenvalue weighted by atomic mass is 35.5. The van der Waals surface area contributed by atoms with Gasteiger partial charge in [0.1, 0.15) is 6.10 Å². The Hall–Kier alpha value is -2.44. The summed E-state index contributed by atoms with van der Waals surface area (Å²) in [4.78, 5) is 14.8. The van der Waals surface area contributed by atoms with E-state index >= 15 is 0 Å². The van der Waals surface area contributed by atoms with Gasteiger partial charge in [-0.1, -0.05) is 23.7 Å². The summed E-state index contributed by atoms with van der Waals surface area (Å²) in [6.07, 6.45) is -0.193. The van der Waals surface area contributed by atoms with Crippen molar-refractivity contribution in [3.63, 3.8) is 0 Å². The van der Waals surface area contributed by atoms with Crippen LogP contribution in [0.15, 0.2) is 36.4 Å². The number of halogens is 1. The molecule has 6 nitrogen and oxygen atoms in total. The molecular formula is C20H22ClNO5. The van der Waals surface area contributed by atoms with Crippen molar-refractivity contribution in [3.8, 4) is 17.2 Å². The average molecular weight is 392 g/mol. The molecule has 1 saturated heterocycles. The van der Waals surface area contributed by atoms with E-state index in [4.69, 9.17) is 30.5 Å². The van der Waals surface area contributed by atoms with Gasteiger partial charge < -0.3 is 23.8 Å². The number of methoxy groups -OCH3 is 3. The molecule has 7 heteroatoms. The number of carbonyl (C=O) groups excluding carboxylic acids is 1. The molecule has 1 atom stereocenters. The van der Waals surface area contributed by atoms with Crippen molar-refractivity contribution in [2.45, 2.75) is 6.10 Å². The predicted octanol–water partition coefficient (Wildman–Crippen LogP) is 3.58. The first-order valence-electron chi connectivity index (χ1n) is 8.53. The molecule has 3 rings (SSSR count). The van der Waals surface area contributed by atoms with E-state index in [9.17, 15) is 4.79 Å². The van der Waals surface area contributed by atoms with Crippen LogP contribution in [-0.2, 0) is 4.74 Å². The van der Waals surface area contributed by atoms with Crippen molar-refractivity contribution in [3.05, 3.63) is 52.5 Å². The first-order chi connectivity index (χ1) is 13.1. The van der Waals surface area contributed by atoms with Crippen molar-refractivity contribution >= 4 is 17.5 Å². The van der Waals surface area contributed by atoms with Crippen LogP contribution in [0.3, 0.4) is 0 Å². The molecule has 2 aromatic rings. The summed E-state index contributed by atoms with van der Waals surface area (Å²) in [7, 11) is 4.58. The molecule has 0 bridgehead atoms. The summed E-state index contributed by atoms with van der Waals surface area (Å²) in [5.41, 5.74) is 1.46. The van der Waals surface area contributed by atoms with E-state index in [2.05, 4.69) is 0 Å². The summed E-state index contributed by atoms with van der Waals surface area (Å²) in [5, 5.41) is 0.667. The van der Waals surface area contributed by atoms with E-state index < -0.39 is 0 Å². The first-order valence-corrected chi connectivity index (χ1v) is 8.91. The van der Waals surface area contributed by atoms with Crippen LogP contribution in [0.25, 0.3) is 0 Å². The Labute approximate surface area is 163 Å². The van der Waals surface area contributed by atoms with Gasteiger partial charge >= 0.3 is 0 Å². The van der Waals surface area contributed by atoms with Crippen LogP contribution in [-0.4, -0.2) is 51.8 Å². The smallest absolute Gasteiger partial charge is 0.254 e. The average Bonchev–Trinajstić information content (AvgIpc) is 2.72. The van der Waals surface area contributed by atoms with E-state index in [0.717, 1.165) is 5.56 Å². The number of nitrogens with zero attached hydrogens (tertiary/aromatic N) is 1. The van der Waals surface area contributed by atoms with Gasteiger partial charge in [-0.3, -0.25) is 4.79 Å². The molecule has 144 valence electrons. The van der Waals surface area contributed by atoms with Gasteiger partial charge in [0.2, 0.25) is 5.75 Å². The highest BCUT2D eigenvalue weighted by Crippen LogP contribution is 2.38. The molecule has 1 fully saturated rings. The zero-order valence-electron chi connectivity index (χ0n) is 15.5. The van der Waals surface area contributed by atoms with Crippen LogP contribution in [0.2, 0.25) is 5.02 Å². The summed E-state index contributed by atoms with van der Waals surface area (Å²) >= 11 is 5.95. The zero-order valence-corrected chi connectivity index (χ0v) is 16.3. The fourth-order valence-corrected chi connectivity index (χ4v) is 3.23. The summed E-state index contributed by atoms with van der Waals surface area (Å²) in [6, 6.07) is 10.8. The standard InChI is InChI=1S/C20H22ClNO5/c1-24-16-10-14(11-17(25-2)19(16)26-3)20(23)22-8-9-27-18(12-22)13-4-6-15(21)7-5-13/h4-7,10-11,18H,8-9,12H2,1-3H3. The summed E-state index contributed by atoms with van der Waals surface area (Å²) < 4.78 is 21.8. The molecule has 2 aromatic carbocycles. The maximum atomic E-state index is 13.1. The van der Waals surface area contributed by atoms with Crippen molar-refractivity contribution < 1.29 is 23.7 Å².